The van der Waals surface area contributed by atoms with E-state index >= 15 is 0 Å². The van der Waals surface area contributed by atoms with Crippen LogP contribution in [0, 0.1) is 12.8 Å². The topological polar surface area (TPSA) is 92.1 Å². The summed E-state index contributed by atoms with van der Waals surface area (Å²) in [7, 11) is 0. The molecule has 0 aliphatic carbocycles. The minimum absolute atomic E-state index is 0.181. The highest BCUT2D eigenvalue weighted by molar-refractivity contribution is 5.94. The molecule has 2 aromatic rings. The van der Waals surface area contributed by atoms with Crippen molar-refractivity contribution in [2.24, 2.45) is 5.92 Å². The molecule has 0 spiro atoms. The summed E-state index contributed by atoms with van der Waals surface area (Å²) in [6.07, 6.45) is 4.80. The summed E-state index contributed by atoms with van der Waals surface area (Å²) in [6, 6.07) is 1.47. The largest absolute Gasteiger partial charge is 0.478 e. The zero-order valence-electron chi connectivity index (χ0n) is 13.0. The predicted molar refractivity (Wildman–Crippen MR) is 84.3 cm³/mol. The SMILES string of the molecule is Cc1nn(CNCC(C)C)cc1Nc1cnccc1C(=O)O. The molecule has 0 saturated heterocycles. The Kier molecular flexibility index (Phi) is 5.11. The summed E-state index contributed by atoms with van der Waals surface area (Å²) in [4.78, 5) is 15.2. The number of aromatic carboxylic acids is 1. The molecule has 0 fully saturated rings. The first kappa shape index (κ1) is 16.0. The Bertz CT molecular complexity index is 651. The average Bonchev–Trinajstić information content (AvgIpc) is 2.79. The molecule has 3 N–H and O–H groups in total. The lowest BCUT2D eigenvalue weighted by atomic mass is 10.2. The van der Waals surface area contributed by atoms with Crippen molar-refractivity contribution in [1.82, 2.24) is 20.1 Å². The van der Waals surface area contributed by atoms with Crippen LogP contribution in [0.2, 0.25) is 0 Å². The number of anilines is 2. The van der Waals surface area contributed by atoms with Crippen molar-refractivity contribution >= 4 is 17.3 Å². The van der Waals surface area contributed by atoms with E-state index in [2.05, 4.69) is 34.6 Å². The van der Waals surface area contributed by atoms with Crippen molar-refractivity contribution < 1.29 is 9.90 Å². The van der Waals surface area contributed by atoms with Gasteiger partial charge in [-0.3, -0.25) is 15.0 Å². The van der Waals surface area contributed by atoms with Crippen LogP contribution in [0.4, 0.5) is 11.4 Å². The van der Waals surface area contributed by atoms with E-state index in [4.69, 9.17) is 0 Å². The molecule has 2 heterocycles. The van der Waals surface area contributed by atoms with Crippen LogP contribution in [-0.2, 0) is 6.67 Å². The van der Waals surface area contributed by atoms with Gasteiger partial charge in [-0.25, -0.2) is 4.79 Å². The van der Waals surface area contributed by atoms with Crippen LogP contribution >= 0.6 is 0 Å². The van der Waals surface area contributed by atoms with Gasteiger partial charge in [-0.1, -0.05) is 13.8 Å². The summed E-state index contributed by atoms with van der Waals surface area (Å²) in [5, 5.41) is 20.0. The van der Waals surface area contributed by atoms with Gasteiger partial charge in [-0.05, 0) is 25.5 Å². The fourth-order valence-corrected chi connectivity index (χ4v) is 2.01. The second-order valence-corrected chi connectivity index (χ2v) is 5.53. The van der Waals surface area contributed by atoms with Crippen LogP contribution in [0.1, 0.15) is 29.9 Å². The smallest absolute Gasteiger partial charge is 0.337 e. The zero-order chi connectivity index (χ0) is 16.1. The van der Waals surface area contributed by atoms with Crippen LogP contribution in [0.15, 0.2) is 24.7 Å². The number of carboxylic acid groups (broad SMARTS) is 1. The molecule has 0 radical (unpaired) electrons. The van der Waals surface area contributed by atoms with Crippen molar-refractivity contribution in [3.63, 3.8) is 0 Å². The van der Waals surface area contributed by atoms with E-state index in [0.717, 1.165) is 17.9 Å². The molecule has 2 rings (SSSR count). The van der Waals surface area contributed by atoms with E-state index in [-0.39, 0.29) is 5.56 Å². The lowest BCUT2D eigenvalue weighted by Crippen LogP contribution is -2.23. The van der Waals surface area contributed by atoms with Gasteiger partial charge in [0.05, 0.1) is 41.7 Å². The van der Waals surface area contributed by atoms with Crippen molar-refractivity contribution in [2.75, 3.05) is 11.9 Å². The molecule has 0 aromatic carbocycles. The van der Waals surface area contributed by atoms with Crippen LogP contribution < -0.4 is 10.6 Å². The normalized spacial score (nSPS) is 10.9. The van der Waals surface area contributed by atoms with E-state index in [1.807, 2.05) is 13.1 Å². The van der Waals surface area contributed by atoms with Crippen LogP contribution in [-0.4, -0.2) is 32.4 Å². The molecule has 7 heteroatoms. The molecule has 118 valence electrons. The fourth-order valence-electron chi connectivity index (χ4n) is 2.01. The average molecular weight is 303 g/mol. The molecule has 7 nitrogen and oxygen atoms in total. The second-order valence-electron chi connectivity index (χ2n) is 5.53. The van der Waals surface area contributed by atoms with Crippen LogP contribution in [0.3, 0.4) is 0 Å². The van der Waals surface area contributed by atoms with Gasteiger partial charge < -0.3 is 10.4 Å². The van der Waals surface area contributed by atoms with E-state index in [9.17, 15) is 9.90 Å². The third-order valence-electron chi connectivity index (χ3n) is 3.09. The summed E-state index contributed by atoms with van der Waals surface area (Å²) >= 11 is 0. The number of carbonyl (C=O) groups is 1. The minimum Gasteiger partial charge on any atom is -0.478 e. The van der Waals surface area contributed by atoms with Gasteiger partial charge in [0.15, 0.2) is 0 Å². The maximum absolute atomic E-state index is 11.2. The molecule has 0 atom stereocenters. The van der Waals surface area contributed by atoms with Crippen molar-refractivity contribution in [3.05, 3.63) is 35.9 Å². The molecular formula is C15H21N5O2. The number of hydrogen-bond donors (Lipinski definition) is 3. The first-order valence-electron chi connectivity index (χ1n) is 7.16. The number of aromatic nitrogens is 3. The van der Waals surface area contributed by atoms with Crippen LogP contribution in [0.25, 0.3) is 0 Å². The number of aryl methyl sites for hydroxylation is 1. The zero-order valence-corrected chi connectivity index (χ0v) is 13.0. The highest BCUT2D eigenvalue weighted by Gasteiger charge is 2.12. The molecule has 0 aliphatic rings. The number of rotatable bonds is 7. The fraction of sp³-hybridized carbons (Fsp3) is 0.400. The van der Waals surface area contributed by atoms with E-state index < -0.39 is 5.97 Å². The molecule has 22 heavy (non-hydrogen) atoms. The molecule has 0 aliphatic heterocycles. The third-order valence-corrected chi connectivity index (χ3v) is 3.09. The van der Waals surface area contributed by atoms with Gasteiger partial charge in [0.25, 0.3) is 0 Å². The third kappa shape index (κ3) is 4.05. The molecule has 0 saturated carbocycles. The minimum atomic E-state index is -0.992. The maximum Gasteiger partial charge on any atom is 0.337 e. The Morgan fingerprint density at radius 2 is 2.18 bits per heavy atom. The second kappa shape index (κ2) is 7.04. The molecule has 2 aromatic heterocycles. The quantitative estimate of drug-likeness (QED) is 0.726. The summed E-state index contributed by atoms with van der Waals surface area (Å²) in [6.45, 7) is 7.68. The van der Waals surface area contributed by atoms with Crippen molar-refractivity contribution in [1.29, 1.82) is 0 Å². The van der Waals surface area contributed by atoms with Gasteiger partial charge >= 0.3 is 5.97 Å². The predicted octanol–water partition coefficient (Wildman–Crippen LogP) is 2.23. The Morgan fingerprint density at radius 1 is 1.41 bits per heavy atom. The Balaban J connectivity index is 2.11. The number of carboxylic acids is 1. The molecule has 0 bridgehead atoms. The first-order chi connectivity index (χ1) is 10.5. The van der Waals surface area contributed by atoms with Gasteiger partial charge in [-0.2, -0.15) is 5.10 Å². The van der Waals surface area contributed by atoms with Crippen molar-refractivity contribution in [3.8, 4) is 0 Å². The number of nitrogens with one attached hydrogen (secondary N) is 2. The van der Waals surface area contributed by atoms with Crippen molar-refractivity contribution in [2.45, 2.75) is 27.4 Å². The lowest BCUT2D eigenvalue weighted by Gasteiger charge is -2.08. The maximum atomic E-state index is 11.2. The number of hydrogen-bond acceptors (Lipinski definition) is 5. The standard InChI is InChI=1S/C15H21N5O2/c1-10(2)6-17-9-20-8-14(11(3)19-20)18-13-7-16-5-4-12(13)15(21)22/h4-5,7-8,10,17-18H,6,9H2,1-3H3,(H,21,22). The Morgan fingerprint density at radius 3 is 2.86 bits per heavy atom. The lowest BCUT2D eigenvalue weighted by molar-refractivity contribution is 0.0698. The summed E-state index contributed by atoms with van der Waals surface area (Å²) in [5.74, 6) is -0.420. The Hall–Kier alpha value is -2.41. The van der Waals surface area contributed by atoms with E-state index in [1.54, 1.807) is 4.68 Å². The van der Waals surface area contributed by atoms with Gasteiger partial charge in [0.1, 0.15) is 0 Å². The number of nitrogens with zero attached hydrogens (tertiary/aromatic N) is 3. The van der Waals surface area contributed by atoms with E-state index in [0.29, 0.717) is 18.3 Å². The molecule has 0 unspecified atom stereocenters. The molecular weight excluding hydrogens is 282 g/mol. The van der Waals surface area contributed by atoms with Gasteiger partial charge in [0, 0.05) is 6.20 Å². The van der Waals surface area contributed by atoms with Gasteiger partial charge in [0.2, 0.25) is 0 Å². The highest BCUT2D eigenvalue weighted by Crippen LogP contribution is 2.22. The highest BCUT2D eigenvalue weighted by atomic mass is 16.4. The monoisotopic (exact) mass is 303 g/mol. The summed E-state index contributed by atoms with van der Waals surface area (Å²) < 4.78 is 1.79. The molecule has 0 amide bonds. The Labute approximate surface area is 129 Å². The van der Waals surface area contributed by atoms with Crippen LogP contribution in [0.5, 0.6) is 0 Å². The van der Waals surface area contributed by atoms with Gasteiger partial charge in [-0.15, -0.1) is 0 Å². The first-order valence-corrected chi connectivity index (χ1v) is 7.16. The number of pyridine rings is 1. The summed E-state index contributed by atoms with van der Waals surface area (Å²) in [5.41, 5.74) is 2.20. The van der Waals surface area contributed by atoms with E-state index in [1.165, 1.54) is 18.5 Å².